The van der Waals surface area contributed by atoms with Crippen LogP contribution in [-0.2, 0) is 0 Å². The van der Waals surface area contributed by atoms with Gasteiger partial charge in [-0.05, 0) is 25.0 Å². The van der Waals surface area contributed by atoms with Gasteiger partial charge < -0.3 is 15.4 Å². The lowest BCUT2D eigenvalue weighted by Crippen LogP contribution is -2.51. The number of hydrogen-bond donors (Lipinski definition) is 1. The number of anilines is 1. The Morgan fingerprint density at radius 3 is 2.65 bits per heavy atom. The molecular formula is C14H22N2O. The van der Waals surface area contributed by atoms with Crippen LogP contribution >= 0.6 is 0 Å². The normalized spacial score (nSPS) is 17.5. The molecule has 0 aliphatic carbocycles. The molecular weight excluding hydrogens is 212 g/mol. The van der Waals surface area contributed by atoms with Crippen molar-refractivity contribution in [1.82, 2.24) is 0 Å². The number of hydrogen-bond acceptors (Lipinski definition) is 3. The molecule has 2 rings (SSSR count). The largest absolute Gasteiger partial charge is 0.483 e. The Balaban J connectivity index is 2.35. The minimum Gasteiger partial charge on any atom is -0.483 e. The molecule has 2 N–H and O–H groups in total. The van der Waals surface area contributed by atoms with E-state index in [1.807, 2.05) is 6.07 Å². The molecule has 1 aliphatic rings. The monoisotopic (exact) mass is 234 g/mol. The van der Waals surface area contributed by atoms with Crippen LogP contribution in [0.3, 0.4) is 0 Å². The predicted octanol–water partition coefficient (Wildman–Crippen LogP) is 2.40. The first-order valence-electron chi connectivity index (χ1n) is 6.47. The molecule has 0 radical (unpaired) electrons. The molecule has 1 heterocycles. The van der Waals surface area contributed by atoms with Gasteiger partial charge in [-0.3, -0.25) is 0 Å². The topological polar surface area (TPSA) is 38.5 Å². The first-order valence-corrected chi connectivity index (χ1v) is 6.47. The fraction of sp³-hybridized carbons (Fsp3) is 0.571. The maximum Gasteiger partial charge on any atom is 0.143 e. The van der Waals surface area contributed by atoms with Gasteiger partial charge in [0, 0.05) is 13.1 Å². The van der Waals surface area contributed by atoms with Crippen LogP contribution < -0.4 is 15.4 Å². The van der Waals surface area contributed by atoms with E-state index >= 15 is 0 Å². The summed E-state index contributed by atoms with van der Waals surface area (Å²) in [5, 5.41) is 0. The summed E-state index contributed by atoms with van der Waals surface area (Å²) >= 11 is 0. The van der Waals surface area contributed by atoms with Crippen molar-refractivity contribution in [2.45, 2.75) is 32.3 Å². The number of rotatable bonds is 4. The molecule has 17 heavy (non-hydrogen) atoms. The molecule has 1 aliphatic heterocycles. The maximum absolute atomic E-state index is 6.21. The van der Waals surface area contributed by atoms with Crippen LogP contribution in [-0.4, -0.2) is 25.2 Å². The van der Waals surface area contributed by atoms with Gasteiger partial charge in [-0.25, -0.2) is 0 Å². The second-order valence-electron chi connectivity index (χ2n) is 4.67. The fourth-order valence-corrected chi connectivity index (χ4v) is 2.48. The minimum atomic E-state index is -0.0521. The van der Waals surface area contributed by atoms with Crippen LogP contribution in [0.2, 0.25) is 0 Å². The quantitative estimate of drug-likeness (QED) is 0.869. The Labute approximate surface area is 104 Å². The van der Waals surface area contributed by atoms with E-state index in [9.17, 15) is 0 Å². The number of nitrogens with zero attached hydrogens (tertiary/aromatic N) is 1. The number of benzene rings is 1. The standard InChI is InChI=1S/C14H22N2O/c1-3-14(4-2)11-16(10-9-15)12-7-5-6-8-13(12)17-14/h5-8H,3-4,9-11,15H2,1-2H3. The number of fused-ring (bicyclic) bond motifs is 1. The SMILES string of the molecule is CCC1(CC)CN(CCN)c2ccccc2O1. The van der Waals surface area contributed by atoms with Gasteiger partial charge in [-0.15, -0.1) is 0 Å². The molecule has 0 spiro atoms. The Hall–Kier alpha value is -1.22. The van der Waals surface area contributed by atoms with Gasteiger partial charge in [0.2, 0.25) is 0 Å². The summed E-state index contributed by atoms with van der Waals surface area (Å²) in [7, 11) is 0. The van der Waals surface area contributed by atoms with E-state index in [1.165, 1.54) is 5.69 Å². The van der Waals surface area contributed by atoms with Gasteiger partial charge in [0.1, 0.15) is 11.4 Å². The Kier molecular flexibility index (Phi) is 3.57. The molecule has 0 saturated carbocycles. The highest BCUT2D eigenvalue weighted by atomic mass is 16.5. The molecule has 1 aromatic carbocycles. The highest BCUT2D eigenvalue weighted by Gasteiger charge is 2.36. The van der Waals surface area contributed by atoms with E-state index in [0.717, 1.165) is 31.7 Å². The van der Waals surface area contributed by atoms with Crippen LogP contribution in [0.4, 0.5) is 5.69 Å². The van der Waals surface area contributed by atoms with E-state index < -0.39 is 0 Å². The molecule has 0 unspecified atom stereocenters. The molecule has 0 fully saturated rings. The summed E-state index contributed by atoms with van der Waals surface area (Å²) in [4.78, 5) is 2.35. The van der Waals surface area contributed by atoms with E-state index in [0.29, 0.717) is 6.54 Å². The Morgan fingerprint density at radius 2 is 2.00 bits per heavy atom. The van der Waals surface area contributed by atoms with Crippen LogP contribution in [0.15, 0.2) is 24.3 Å². The molecule has 0 aromatic heterocycles. The van der Waals surface area contributed by atoms with Crippen molar-refractivity contribution in [1.29, 1.82) is 0 Å². The van der Waals surface area contributed by atoms with Gasteiger partial charge in [-0.1, -0.05) is 26.0 Å². The summed E-state index contributed by atoms with van der Waals surface area (Å²) in [5.41, 5.74) is 6.83. The third-order valence-corrected chi connectivity index (χ3v) is 3.70. The second kappa shape index (κ2) is 4.96. The van der Waals surface area contributed by atoms with Crippen molar-refractivity contribution >= 4 is 5.69 Å². The second-order valence-corrected chi connectivity index (χ2v) is 4.67. The van der Waals surface area contributed by atoms with Crippen LogP contribution in [0.25, 0.3) is 0 Å². The predicted molar refractivity (Wildman–Crippen MR) is 71.7 cm³/mol. The van der Waals surface area contributed by atoms with Gasteiger partial charge in [0.25, 0.3) is 0 Å². The zero-order valence-electron chi connectivity index (χ0n) is 10.8. The number of ether oxygens (including phenoxy) is 1. The Bertz CT molecular complexity index is 374. The molecule has 1 aromatic rings. The van der Waals surface area contributed by atoms with Gasteiger partial charge in [-0.2, -0.15) is 0 Å². The lowest BCUT2D eigenvalue weighted by Gasteiger charge is -2.44. The van der Waals surface area contributed by atoms with E-state index in [-0.39, 0.29) is 5.60 Å². The third kappa shape index (κ3) is 2.25. The van der Waals surface area contributed by atoms with Crippen molar-refractivity contribution in [3.8, 4) is 5.75 Å². The average Bonchev–Trinajstić information content (AvgIpc) is 2.39. The Morgan fingerprint density at radius 1 is 1.29 bits per heavy atom. The first-order chi connectivity index (χ1) is 8.24. The average molecular weight is 234 g/mol. The van der Waals surface area contributed by atoms with Crippen LogP contribution in [0.1, 0.15) is 26.7 Å². The zero-order chi connectivity index (χ0) is 12.3. The van der Waals surface area contributed by atoms with E-state index in [1.54, 1.807) is 0 Å². The molecule has 0 saturated heterocycles. The lowest BCUT2D eigenvalue weighted by atomic mass is 9.94. The molecule has 0 atom stereocenters. The highest BCUT2D eigenvalue weighted by Crippen LogP contribution is 2.39. The van der Waals surface area contributed by atoms with Crippen molar-refractivity contribution in [2.75, 3.05) is 24.5 Å². The summed E-state index contributed by atoms with van der Waals surface area (Å²) in [6.07, 6.45) is 2.05. The minimum absolute atomic E-state index is 0.0521. The number of nitrogens with two attached hydrogens (primary N) is 1. The first kappa shape index (κ1) is 12.2. The van der Waals surface area contributed by atoms with Crippen molar-refractivity contribution in [2.24, 2.45) is 5.73 Å². The smallest absolute Gasteiger partial charge is 0.143 e. The van der Waals surface area contributed by atoms with Crippen LogP contribution in [0.5, 0.6) is 5.75 Å². The zero-order valence-corrected chi connectivity index (χ0v) is 10.8. The molecule has 0 bridgehead atoms. The highest BCUT2D eigenvalue weighted by molar-refractivity contribution is 5.60. The van der Waals surface area contributed by atoms with E-state index in [2.05, 4.69) is 36.9 Å². The van der Waals surface area contributed by atoms with Gasteiger partial charge in [0.05, 0.1) is 12.2 Å². The molecule has 3 nitrogen and oxygen atoms in total. The van der Waals surface area contributed by atoms with Crippen molar-refractivity contribution < 1.29 is 4.74 Å². The van der Waals surface area contributed by atoms with Crippen molar-refractivity contribution in [3.63, 3.8) is 0 Å². The molecule has 3 heteroatoms. The van der Waals surface area contributed by atoms with Crippen LogP contribution in [0, 0.1) is 0 Å². The summed E-state index contributed by atoms with van der Waals surface area (Å²) in [6.45, 7) is 6.89. The van der Waals surface area contributed by atoms with E-state index in [4.69, 9.17) is 10.5 Å². The summed E-state index contributed by atoms with van der Waals surface area (Å²) in [6, 6.07) is 8.25. The fourth-order valence-electron chi connectivity index (χ4n) is 2.48. The number of para-hydroxylation sites is 2. The summed E-state index contributed by atoms with van der Waals surface area (Å²) in [5.74, 6) is 0.996. The molecule has 0 amide bonds. The molecule has 94 valence electrons. The van der Waals surface area contributed by atoms with Gasteiger partial charge in [0.15, 0.2) is 0 Å². The maximum atomic E-state index is 6.21. The third-order valence-electron chi connectivity index (χ3n) is 3.70. The lowest BCUT2D eigenvalue weighted by molar-refractivity contribution is 0.0577. The van der Waals surface area contributed by atoms with Gasteiger partial charge >= 0.3 is 0 Å². The summed E-state index contributed by atoms with van der Waals surface area (Å²) < 4.78 is 6.21. The van der Waals surface area contributed by atoms with Crippen molar-refractivity contribution in [3.05, 3.63) is 24.3 Å².